The number of piperidine rings is 1. The summed E-state index contributed by atoms with van der Waals surface area (Å²) in [6.07, 6.45) is 3.64. The van der Waals surface area contributed by atoms with Crippen LogP contribution in [0.2, 0.25) is 5.02 Å². The van der Waals surface area contributed by atoms with Crippen LogP contribution in [0.3, 0.4) is 0 Å². The largest absolute Gasteiger partial charge is 0.349 e. The van der Waals surface area contributed by atoms with E-state index in [0.717, 1.165) is 48.0 Å². The molecular weight excluding hydrogens is 382 g/mol. The van der Waals surface area contributed by atoms with Gasteiger partial charge < -0.3 is 10.2 Å². The van der Waals surface area contributed by atoms with Gasteiger partial charge in [-0.05, 0) is 38.1 Å². The minimum Gasteiger partial charge on any atom is -0.349 e. The maximum atomic E-state index is 13.1. The van der Waals surface area contributed by atoms with Crippen molar-refractivity contribution in [3.05, 3.63) is 65.3 Å². The van der Waals surface area contributed by atoms with Crippen LogP contribution >= 0.6 is 11.6 Å². The van der Waals surface area contributed by atoms with Crippen LogP contribution in [0.25, 0.3) is 22.0 Å². The average Bonchev–Trinajstić information content (AvgIpc) is 2.74. The van der Waals surface area contributed by atoms with E-state index in [1.165, 1.54) is 0 Å². The quantitative estimate of drug-likeness (QED) is 0.649. The minimum atomic E-state index is -0.0533. The summed E-state index contributed by atoms with van der Waals surface area (Å²) in [5.41, 5.74) is 2.29. The van der Waals surface area contributed by atoms with Crippen LogP contribution in [-0.2, 0) is 0 Å². The van der Waals surface area contributed by atoms with Crippen molar-refractivity contribution < 1.29 is 4.79 Å². The zero-order chi connectivity index (χ0) is 20.4. The zero-order valence-electron chi connectivity index (χ0n) is 16.9. The van der Waals surface area contributed by atoms with Gasteiger partial charge in [0.15, 0.2) is 0 Å². The number of likely N-dealkylation sites (tertiary alicyclic amines) is 1. The molecule has 150 valence electrons. The van der Waals surface area contributed by atoms with Crippen LogP contribution in [-0.4, -0.2) is 41.0 Å². The van der Waals surface area contributed by atoms with Crippen LogP contribution in [0, 0.1) is 0 Å². The third-order valence-electron chi connectivity index (χ3n) is 5.76. The number of carbonyl (C=O) groups excluding carboxylic acids is 1. The Morgan fingerprint density at radius 1 is 1.07 bits per heavy atom. The van der Waals surface area contributed by atoms with Gasteiger partial charge in [0.25, 0.3) is 5.91 Å². The summed E-state index contributed by atoms with van der Waals surface area (Å²) in [4.78, 5) is 20.2. The van der Waals surface area contributed by atoms with Crippen molar-refractivity contribution in [1.82, 2.24) is 15.2 Å². The molecule has 0 spiro atoms. The Kier molecular flexibility index (Phi) is 5.84. The number of benzene rings is 2. The average molecular weight is 408 g/mol. The Morgan fingerprint density at radius 2 is 1.72 bits per heavy atom. The van der Waals surface area contributed by atoms with Crippen molar-refractivity contribution >= 4 is 28.3 Å². The standard InChI is InChI=1S/C24H26ClN3O/c1-16(2)28-13-11-17(12-14-28)27-24(29)21-15-26-23(19-8-4-3-7-18(19)21)20-9-5-6-10-22(20)25/h3-10,15-17H,11-14H2,1-2H3,(H,27,29). The van der Waals surface area contributed by atoms with Crippen LogP contribution < -0.4 is 5.32 Å². The third-order valence-corrected chi connectivity index (χ3v) is 6.09. The molecule has 0 saturated carbocycles. The summed E-state index contributed by atoms with van der Waals surface area (Å²) in [6.45, 7) is 6.48. The summed E-state index contributed by atoms with van der Waals surface area (Å²) in [7, 11) is 0. The van der Waals surface area contributed by atoms with E-state index in [1.54, 1.807) is 6.20 Å². The second-order valence-electron chi connectivity index (χ2n) is 7.92. The van der Waals surface area contributed by atoms with Crippen molar-refractivity contribution in [1.29, 1.82) is 0 Å². The lowest BCUT2D eigenvalue weighted by Gasteiger charge is -2.34. The molecule has 1 aliphatic heterocycles. The van der Waals surface area contributed by atoms with Gasteiger partial charge in [-0.2, -0.15) is 0 Å². The minimum absolute atomic E-state index is 0.0533. The molecule has 1 saturated heterocycles. The molecule has 1 amide bonds. The first kappa shape index (κ1) is 19.9. The molecule has 0 unspecified atom stereocenters. The normalized spacial score (nSPS) is 15.7. The number of hydrogen-bond acceptors (Lipinski definition) is 3. The molecule has 1 N–H and O–H groups in total. The van der Waals surface area contributed by atoms with Gasteiger partial charge >= 0.3 is 0 Å². The molecule has 29 heavy (non-hydrogen) atoms. The smallest absolute Gasteiger partial charge is 0.253 e. The van der Waals surface area contributed by atoms with Gasteiger partial charge in [0.2, 0.25) is 0 Å². The second kappa shape index (κ2) is 8.52. The molecule has 4 nitrogen and oxygen atoms in total. The topological polar surface area (TPSA) is 45.2 Å². The predicted molar refractivity (Wildman–Crippen MR) is 119 cm³/mol. The number of aromatic nitrogens is 1. The highest BCUT2D eigenvalue weighted by atomic mass is 35.5. The second-order valence-corrected chi connectivity index (χ2v) is 8.33. The zero-order valence-corrected chi connectivity index (χ0v) is 17.6. The third kappa shape index (κ3) is 4.14. The van der Waals surface area contributed by atoms with Crippen LogP contribution in [0.4, 0.5) is 0 Å². The molecule has 0 radical (unpaired) electrons. The van der Waals surface area contributed by atoms with E-state index in [4.69, 9.17) is 11.6 Å². The first-order chi connectivity index (χ1) is 14.0. The lowest BCUT2D eigenvalue weighted by Crippen LogP contribution is -2.46. The molecule has 2 heterocycles. The highest BCUT2D eigenvalue weighted by molar-refractivity contribution is 6.33. The molecule has 2 aromatic carbocycles. The summed E-state index contributed by atoms with van der Waals surface area (Å²) in [5.74, 6) is -0.0533. The molecule has 0 bridgehead atoms. The maximum Gasteiger partial charge on any atom is 0.253 e. The van der Waals surface area contributed by atoms with E-state index in [2.05, 4.69) is 29.0 Å². The Bertz CT molecular complexity index is 1030. The molecule has 1 aromatic heterocycles. The fourth-order valence-electron chi connectivity index (χ4n) is 4.06. The summed E-state index contributed by atoms with van der Waals surface area (Å²) in [6, 6.07) is 16.3. The molecule has 0 atom stereocenters. The van der Waals surface area contributed by atoms with E-state index in [0.29, 0.717) is 16.6 Å². The van der Waals surface area contributed by atoms with E-state index < -0.39 is 0 Å². The predicted octanol–water partition coefficient (Wildman–Crippen LogP) is 5.16. The maximum absolute atomic E-state index is 13.1. The van der Waals surface area contributed by atoms with Crippen LogP contribution in [0.15, 0.2) is 54.7 Å². The van der Waals surface area contributed by atoms with Crippen molar-refractivity contribution in [3.8, 4) is 11.3 Å². The van der Waals surface area contributed by atoms with Crippen molar-refractivity contribution in [2.75, 3.05) is 13.1 Å². The van der Waals surface area contributed by atoms with Gasteiger partial charge in [0, 0.05) is 47.3 Å². The number of pyridine rings is 1. The molecule has 4 rings (SSSR count). The molecular formula is C24H26ClN3O. The summed E-state index contributed by atoms with van der Waals surface area (Å²) >= 11 is 6.40. The van der Waals surface area contributed by atoms with Gasteiger partial charge in [-0.3, -0.25) is 9.78 Å². The molecule has 5 heteroatoms. The number of fused-ring (bicyclic) bond motifs is 1. The monoisotopic (exact) mass is 407 g/mol. The first-order valence-corrected chi connectivity index (χ1v) is 10.6. The van der Waals surface area contributed by atoms with E-state index in [1.807, 2.05) is 48.5 Å². The van der Waals surface area contributed by atoms with Crippen molar-refractivity contribution in [2.45, 2.75) is 38.8 Å². The molecule has 1 aliphatic rings. The number of hydrogen-bond donors (Lipinski definition) is 1. The Hall–Kier alpha value is -2.43. The number of carbonyl (C=O) groups is 1. The fraction of sp³-hybridized carbons (Fsp3) is 0.333. The Morgan fingerprint density at radius 3 is 2.41 bits per heavy atom. The lowest BCUT2D eigenvalue weighted by molar-refractivity contribution is 0.0902. The lowest BCUT2D eigenvalue weighted by atomic mass is 9.99. The highest BCUT2D eigenvalue weighted by Crippen LogP contribution is 2.33. The number of nitrogens with one attached hydrogen (secondary N) is 1. The Balaban J connectivity index is 1.61. The fourth-order valence-corrected chi connectivity index (χ4v) is 4.29. The van der Waals surface area contributed by atoms with E-state index in [9.17, 15) is 4.79 Å². The first-order valence-electron chi connectivity index (χ1n) is 10.2. The van der Waals surface area contributed by atoms with Crippen molar-refractivity contribution in [2.24, 2.45) is 0 Å². The van der Waals surface area contributed by atoms with Crippen molar-refractivity contribution in [3.63, 3.8) is 0 Å². The summed E-state index contributed by atoms with van der Waals surface area (Å²) < 4.78 is 0. The number of amides is 1. The van der Waals surface area contributed by atoms with Crippen LogP contribution in [0.1, 0.15) is 37.0 Å². The van der Waals surface area contributed by atoms with Gasteiger partial charge in [-0.15, -0.1) is 0 Å². The van der Waals surface area contributed by atoms with Gasteiger partial charge in [0.1, 0.15) is 0 Å². The molecule has 0 aliphatic carbocycles. The molecule has 3 aromatic rings. The van der Waals surface area contributed by atoms with E-state index in [-0.39, 0.29) is 11.9 Å². The highest BCUT2D eigenvalue weighted by Gasteiger charge is 2.23. The molecule has 1 fully saturated rings. The van der Waals surface area contributed by atoms with Gasteiger partial charge in [-0.25, -0.2) is 0 Å². The van der Waals surface area contributed by atoms with Gasteiger partial charge in [-0.1, -0.05) is 54.1 Å². The van der Waals surface area contributed by atoms with E-state index >= 15 is 0 Å². The number of halogens is 1. The number of rotatable bonds is 4. The van der Waals surface area contributed by atoms with Crippen LogP contribution in [0.5, 0.6) is 0 Å². The number of nitrogens with zero attached hydrogens (tertiary/aromatic N) is 2. The Labute approximate surface area is 176 Å². The van der Waals surface area contributed by atoms with Gasteiger partial charge in [0.05, 0.1) is 11.3 Å². The summed E-state index contributed by atoms with van der Waals surface area (Å²) in [5, 5.41) is 5.71. The SMILES string of the molecule is CC(C)N1CCC(NC(=O)c2cnc(-c3ccccc3Cl)c3ccccc23)CC1.